The molecule has 0 bridgehead atoms. The van der Waals surface area contributed by atoms with E-state index in [9.17, 15) is 4.79 Å². The van der Waals surface area contributed by atoms with Crippen molar-refractivity contribution in [2.24, 2.45) is 0 Å². The summed E-state index contributed by atoms with van der Waals surface area (Å²) in [4.78, 5) is 30.0. The van der Waals surface area contributed by atoms with Gasteiger partial charge in [0.1, 0.15) is 11.3 Å². The van der Waals surface area contributed by atoms with E-state index in [4.69, 9.17) is 0 Å². The fourth-order valence-corrected chi connectivity index (χ4v) is 3.50. The quantitative estimate of drug-likeness (QED) is 0.737. The van der Waals surface area contributed by atoms with Crippen LogP contribution in [-0.4, -0.2) is 58.5 Å². The van der Waals surface area contributed by atoms with Gasteiger partial charge in [-0.05, 0) is 30.2 Å². The number of piperazine rings is 1. The summed E-state index contributed by atoms with van der Waals surface area (Å²) in [6.45, 7) is 5.81. The van der Waals surface area contributed by atoms with Crippen LogP contribution in [0.25, 0.3) is 11.2 Å². The Morgan fingerprint density at radius 3 is 2.64 bits per heavy atom. The molecule has 144 valence electrons. The van der Waals surface area contributed by atoms with Crippen molar-refractivity contribution in [2.75, 3.05) is 42.9 Å². The third-order valence-corrected chi connectivity index (χ3v) is 5.05. The van der Waals surface area contributed by atoms with Gasteiger partial charge >= 0.3 is 0 Å². The minimum atomic E-state index is 0.0356. The Labute approximate surface area is 164 Å². The second-order valence-electron chi connectivity index (χ2n) is 6.89. The molecule has 1 aromatic carbocycles. The van der Waals surface area contributed by atoms with Crippen LogP contribution >= 0.6 is 0 Å². The van der Waals surface area contributed by atoms with Crippen LogP contribution in [0.15, 0.2) is 48.8 Å². The van der Waals surface area contributed by atoms with E-state index in [0.29, 0.717) is 12.2 Å². The summed E-state index contributed by atoms with van der Waals surface area (Å²) in [6, 6.07) is 11.9. The Balaban J connectivity index is 1.33. The number of fused-ring (bicyclic) bond motifs is 1. The number of aromatic nitrogens is 3. The molecule has 1 aliphatic heterocycles. The molecule has 7 nitrogen and oxygen atoms in total. The number of anilines is 2. The fraction of sp³-hybridized carbons (Fsp3) is 0.333. The van der Waals surface area contributed by atoms with E-state index in [0.717, 1.165) is 55.2 Å². The molecule has 1 amide bonds. The number of nitrogens with zero attached hydrogens (tertiary/aromatic N) is 5. The van der Waals surface area contributed by atoms with Crippen LogP contribution in [0.4, 0.5) is 11.5 Å². The Kier molecular flexibility index (Phi) is 5.43. The standard InChI is InChI=1S/C21H24N6O/c1-2-16-5-3-4-6-17(16)24-20(28)15-26-11-13-27(14-12-26)19-8-7-18-21(25-19)23-10-9-22-18/h3-10H,2,11-15H2,1H3,(H,24,28). The topological polar surface area (TPSA) is 74.2 Å². The molecule has 0 spiro atoms. The van der Waals surface area contributed by atoms with Gasteiger partial charge in [-0.3, -0.25) is 14.7 Å². The van der Waals surface area contributed by atoms with E-state index < -0.39 is 0 Å². The van der Waals surface area contributed by atoms with Crippen LogP contribution in [0, 0.1) is 0 Å². The lowest BCUT2D eigenvalue weighted by Gasteiger charge is -2.35. The van der Waals surface area contributed by atoms with Crippen LogP contribution in [-0.2, 0) is 11.2 Å². The molecule has 2 aromatic heterocycles. The van der Waals surface area contributed by atoms with E-state index in [1.54, 1.807) is 12.4 Å². The Bertz CT molecular complexity index is 968. The van der Waals surface area contributed by atoms with E-state index in [-0.39, 0.29) is 5.91 Å². The van der Waals surface area contributed by atoms with Gasteiger partial charge in [0.2, 0.25) is 5.91 Å². The minimum Gasteiger partial charge on any atom is -0.354 e. The Morgan fingerprint density at radius 2 is 1.82 bits per heavy atom. The SMILES string of the molecule is CCc1ccccc1NC(=O)CN1CCN(c2ccc3nccnc3n2)CC1. The van der Waals surface area contributed by atoms with Gasteiger partial charge in [-0.15, -0.1) is 0 Å². The summed E-state index contributed by atoms with van der Waals surface area (Å²) in [5, 5.41) is 3.05. The van der Waals surface area contributed by atoms with Gasteiger partial charge in [0.05, 0.1) is 6.54 Å². The summed E-state index contributed by atoms with van der Waals surface area (Å²) < 4.78 is 0. The summed E-state index contributed by atoms with van der Waals surface area (Å²) in [6.07, 6.45) is 4.23. The molecule has 7 heteroatoms. The summed E-state index contributed by atoms with van der Waals surface area (Å²) in [7, 11) is 0. The lowest BCUT2D eigenvalue weighted by Crippen LogP contribution is -2.49. The molecule has 28 heavy (non-hydrogen) atoms. The van der Waals surface area contributed by atoms with E-state index >= 15 is 0 Å². The number of carbonyl (C=O) groups excluding carboxylic acids is 1. The monoisotopic (exact) mass is 376 g/mol. The van der Waals surface area contributed by atoms with Crippen molar-refractivity contribution < 1.29 is 4.79 Å². The first-order valence-electron chi connectivity index (χ1n) is 9.66. The number of pyridine rings is 1. The fourth-order valence-electron chi connectivity index (χ4n) is 3.50. The zero-order chi connectivity index (χ0) is 19.3. The number of carbonyl (C=O) groups is 1. The maximum Gasteiger partial charge on any atom is 0.238 e. The maximum absolute atomic E-state index is 12.5. The first-order valence-corrected chi connectivity index (χ1v) is 9.66. The summed E-state index contributed by atoms with van der Waals surface area (Å²) in [5.74, 6) is 0.947. The van der Waals surface area contributed by atoms with Gasteiger partial charge in [0.15, 0.2) is 5.65 Å². The number of benzene rings is 1. The van der Waals surface area contributed by atoms with Gasteiger partial charge in [0, 0.05) is 44.3 Å². The molecule has 3 heterocycles. The van der Waals surface area contributed by atoms with E-state index in [1.807, 2.05) is 30.3 Å². The predicted octanol–water partition coefficient (Wildman–Crippen LogP) is 2.35. The van der Waals surface area contributed by atoms with Crippen molar-refractivity contribution in [1.82, 2.24) is 19.9 Å². The smallest absolute Gasteiger partial charge is 0.238 e. The molecule has 1 aliphatic rings. The molecule has 4 rings (SSSR count). The summed E-state index contributed by atoms with van der Waals surface area (Å²) in [5.41, 5.74) is 3.53. The summed E-state index contributed by atoms with van der Waals surface area (Å²) >= 11 is 0. The van der Waals surface area contributed by atoms with Crippen LogP contribution in [0.2, 0.25) is 0 Å². The van der Waals surface area contributed by atoms with Gasteiger partial charge in [-0.2, -0.15) is 0 Å². The number of hydrogen-bond donors (Lipinski definition) is 1. The van der Waals surface area contributed by atoms with Crippen molar-refractivity contribution in [2.45, 2.75) is 13.3 Å². The second-order valence-corrected chi connectivity index (χ2v) is 6.89. The molecule has 0 atom stereocenters. The van der Waals surface area contributed by atoms with Crippen LogP contribution in [0.5, 0.6) is 0 Å². The zero-order valence-corrected chi connectivity index (χ0v) is 16.0. The third kappa shape index (κ3) is 4.09. The third-order valence-electron chi connectivity index (χ3n) is 5.05. The van der Waals surface area contributed by atoms with Crippen molar-refractivity contribution in [3.63, 3.8) is 0 Å². The lowest BCUT2D eigenvalue weighted by molar-refractivity contribution is -0.117. The number of nitrogens with one attached hydrogen (secondary N) is 1. The first kappa shape index (κ1) is 18.3. The van der Waals surface area contributed by atoms with Crippen LogP contribution in [0.1, 0.15) is 12.5 Å². The van der Waals surface area contributed by atoms with Gasteiger partial charge in [0.25, 0.3) is 0 Å². The molecule has 1 N–H and O–H groups in total. The largest absolute Gasteiger partial charge is 0.354 e. The van der Waals surface area contributed by atoms with Gasteiger partial charge in [-0.25, -0.2) is 9.97 Å². The first-order chi connectivity index (χ1) is 13.7. The normalized spacial score (nSPS) is 15.0. The van der Waals surface area contributed by atoms with Crippen molar-refractivity contribution >= 4 is 28.6 Å². The molecule has 0 aliphatic carbocycles. The van der Waals surface area contributed by atoms with Crippen molar-refractivity contribution in [1.29, 1.82) is 0 Å². The molecular formula is C21H24N6O. The zero-order valence-electron chi connectivity index (χ0n) is 16.0. The van der Waals surface area contributed by atoms with Crippen LogP contribution < -0.4 is 10.2 Å². The average molecular weight is 376 g/mol. The van der Waals surface area contributed by atoms with Gasteiger partial charge in [-0.1, -0.05) is 25.1 Å². The molecule has 0 radical (unpaired) electrons. The molecule has 1 fully saturated rings. The van der Waals surface area contributed by atoms with Crippen LogP contribution in [0.3, 0.4) is 0 Å². The maximum atomic E-state index is 12.5. The molecule has 0 saturated carbocycles. The number of amides is 1. The minimum absolute atomic E-state index is 0.0356. The Morgan fingerprint density at radius 1 is 1.04 bits per heavy atom. The molecular weight excluding hydrogens is 352 g/mol. The molecule has 3 aromatic rings. The molecule has 1 saturated heterocycles. The van der Waals surface area contributed by atoms with Crippen molar-refractivity contribution in [3.8, 4) is 0 Å². The highest BCUT2D eigenvalue weighted by atomic mass is 16.2. The average Bonchev–Trinajstić information content (AvgIpc) is 2.74. The molecule has 0 unspecified atom stereocenters. The lowest BCUT2D eigenvalue weighted by atomic mass is 10.1. The predicted molar refractivity (Wildman–Crippen MR) is 110 cm³/mol. The highest BCUT2D eigenvalue weighted by molar-refractivity contribution is 5.93. The highest BCUT2D eigenvalue weighted by Gasteiger charge is 2.20. The number of rotatable bonds is 5. The second kappa shape index (κ2) is 8.31. The highest BCUT2D eigenvalue weighted by Crippen LogP contribution is 2.18. The van der Waals surface area contributed by atoms with E-state index in [2.05, 4.69) is 43.1 Å². The van der Waals surface area contributed by atoms with Crippen molar-refractivity contribution in [3.05, 3.63) is 54.4 Å². The number of hydrogen-bond acceptors (Lipinski definition) is 6. The Hall–Kier alpha value is -3.06. The number of para-hydroxylation sites is 1. The van der Waals surface area contributed by atoms with E-state index in [1.165, 1.54) is 0 Å². The van der Waals surface area contributed by atoms with Gasteiger partial charge < -0.3 is 10.2 Å². The number of aryl methyl sites for hydroxylation is 1.